The first-order valence-corrected chi connectivity index (χ1v) is 10.3. The van der Waals surface area contributed by atoms with Gasteiger partial charge >= 0.3 is 12.1 Å². The number of nitrogens with one attached hydrogen (secondary N) is 2. The predicted molar refractivity (Wildman–Crippen MR) is 120 cm³/mol. The summed E-state index contributed by atoms with van der Waals surface area (Å²) in [6.07, 6.45) is -0.696. The number of carboxylic acids is 1. The number of carboxylic acid groups (broad SMARTS) is 1. The molecule has 0 bridgehead atoms. The summed E-state index contributed by atoms with van der Waals surface area (Å²) in [5, 5.41) is 13.7. The molecule has 0 aliphatic heterocycles. The Hall–Kier alpha value is -3.79. The van der Waals surface area contributed by atoms with Gasteiger partial charge in [0, 0.05) is 11.8 Å². The Morgan fingerprint density at radius 2 is 1.59 bits per heavy atom. The highest BCUT2D eigenvalue weighted by molar-refractivity contribution is 5.88. The molecule has 166 valence electrons. The fourth-order valence-corrected chi connectivity index (χ4v) is 3.79. The second-order valence-corrected chi connectivity index (χ2v) is 8.59. The molecule has 0 aromatic heterocycles. The Morgan fingerprint density at radius 3 is 2.12 bits per heavy atom. The third-order valence-electron chi connectivity index (χ3n) is 5.28. The summed E-state index contributed by atoms with van der Waals surface area (Å²) in [5.41, 5.74) is 3.86. The van der Waals surface area contributed by atoms with Crippen LogP contribution in [0.2, 0.25) is 0 Å². The van der Waals surface area contributed by atoms with Gasteiger partial charge in [0.1, 0.15) is 12.6 Å². The van der Waals surface area contributed by atoms with Crippen LogP contribution >= 0.6 is 0 Å². The van der Waals surface area contributed by atoms with Crippen molar-refractivity contribution in [2.45, 2.75) is 32.7 Å². The van der Waals surface area contributed by atoms with Gasteiger partial charge in [0.25, 0.3) is 0 Å². The van der Waals surface area contributed by atoms with Gasteiger partial charge < -0.3 is 20.5 Å². The van der Waals surface area contributed by atoms with Crippen molar-refractivity contribution in [2.75, 3.05) is 13.2 Å². The number of carbonyl (C=O) groups is 3. The van der Waals surface area contributed by atoms with Crippen LogP contribution in [-0.4, -0.2) is 42.3 Å². The van der Waals surface area contributed by atoms with Gasteiger partial charge in [-0.3, -0.25) is 4.79 Å². The summed E-state index contributed by atoms with van der Waals surface area (Å²) < 4.78 is 5.54. The Balaban J connectivity index is 1.65. The summed E-state index contributed by atoms with van der Waals surface area (Å²) in [6.45, 7) is 5.43. The zero-order chi connectivity index (χ0) is 23.3. The van der Waals surface area contributed by atoms with Crippen LogP contribution in [-0.2, 0) is 14.3 Å². The number of aliphatic carboxylic acids is 1. The standard InChI is InChI=1S/C25H26N2O5/c1-25(2,3)22(23(30)26-14-8-13-21(28)29)27-24(31)32-15-20-18-11-6-4-9-16(18)17-10-5-7-12-19(17)20/h4-7,9-12,20,22H,14-15H2,1-3H3,(H,26,30)(H,27,31)(H,28,29)/t22-/m1/s1. The lowest BCUT2D eigenvalue weighted by molar-refractivity contribution is -0.130. The molecule has 1 atom stereocenters. The molecule has 0 saturated heterocycles. The highest BCUT2D eigenvalue weighted by Crippen LogP contribution is 2.44. The molecule has 32 heavy (non-hydrogen) atoms. The first-order valence-electron chi connectivity index (χ1n) is 10.3. The number of benzene rings is 2. The van der Waals surface area contributed by atoms with Crippen molar-refractivity contribution in [3.8, 4) is 23.0 Å². The number of hydrogen-bond acceptors (Lipinski definition) is 4. The molecule has 7 nitrogen and oxygen atoms in total. The molecule has 0 radical (unpaired) electrons. The van der Waals surface area contributed by atoms with Gasteiger partial charge in [-0.2, -0.15) is 0 Å². The number of amides is 2. The number of alkyl carbamates (subject to hydrolysis) is 1. The van der Waals surface area contributed by atoms with Gasteiger partial charge in [-0.05, 0) is 27.7 Å². The lowest BCUT2D eigenvalue weighted by Gasteiger charge is -2.30. The molecule has 2 aromatic carbocycles. The van der Waals surface area contributed by atoms with E-state index in [1.165, 1.54) is 0 Å². The van der Waals surface area contributed by atoms with Crippen LogP contribution < -0.4 is 10.6 Å². The Kier molecular flexibility index (Phi) is 6.84. The molecule has 3 N–H and O–H groups in total. The van der Waals surface area contributed by atoms with Crippen LogP contribution in [0, 0.1) is 17.3 Å². The molecule has 0 saturated carbocycles. The number of ether oxygens (including phenoxy) is 1. The normalized spacial score (nSPS) is 13.1. The van der Waals surface area contributed by atoms with Gasteiger partial charge in [0.2, 0.25) is 5.91 Å². The average Bonchev–Trinajstić information content (AvgIpc) is 3.06. The number of carbonyl (C=O) groups excluding carboxylic acids is 2. The van der Waals surface area contributed by atoms with E-state index in [0.717, 1.165) is 22.3 Å². The average molecular weight is 434 g/mol. The Labute approximate surface area is 187 Å². The Morgan fingerprint density at radius 1 is 1.03 bits per heavy atom. The quantitative estimate of drug-likeness (QED) is 0.627. The maximum Gasteiger partial charge on any atom is 0.407 e. The van der Waals surface area contributed by atoms with Crippen LogP contribution in [0.4, 0.5) is 4.79 Å². The van der Waals surface area contributed by atoms with Crippen molar-refractivity contribution in [2.24, 2.45) is 5.41 Å². The molecule has 2 amide bonds. The van der Waals surface area contributed by atoms with E-state index in [4.69, 9.17) is 9.84 Å². The predicted octanol–water partition coefficient (Wildman–Crippen LogP) is 3.14. The van der Waals surface area contributed by atoms with Crippen molar-refractivity contribution in [1.82, 2.24) is 10.6 Å². The summed E-state index contributed by atoms with van der Waals surface area (Å²) in [4.78, 5) is 35.6. The molecular formula is C25H26N2O5. The van der Waals surface area contributed by atoms with E-state index in [9.17, 15) is 14.4 Å². The minimum atomic E-state index is -1.27. The van der Waals surface area contributed by atoms with E-state index >= 15 is 0 Å². The van der Waals surface area contributed by atoms with E-state index in [-0.39, 0.29) is 19.1 Å². The molecule has 7 heteroatoms. The van der Waals surface area contributed by atoms with Gasteiger partial charge in [0.05, 0.1) is 6.54 Å². The smallest absolute Gasteiger partial charge is 0.407 e. The number of hydrogen-bond donors (Lipinski definition) is 3. The summed E-state index contributed by atoms with van der Waals surface area (Å²) in [7, 11) is 0. The maximum atomic E-state index is 12.6. The summed E-state index contributed by atoms with van der Waals surface area (Å²) >= 11 is 0. The minimum absolute atomic E-state index is 0.0821. The molecule has 1 aliphatic rings. The second kappa shape index (κ2) is 9.56. The highest BCUT2D eigenvalue weighted by atomic mass is 16.5. The molecule has 2 aromatic rings. The van der Waals surface area contributed by atoms with E-state index in [2.05, 4.69) is 28.7 Å². The molecule has 0 unspecified atom stereocenters. The van der Waals surface area contributed by atoms with Crippen molar-refractivity contribution >= 4 is 18.0 Å². The van der Waals surface area contributed by atoms with Crippen molar-refractivity contribution in [3.63, 3.8) is 0 Å². The molecule has 0 heterocycles. The van der Waals surface area contributed by atoms with Gasteiger partial charge in [-0.1, -0.05) is 75.2 Å². The van der Waals surface area contributed by atoms with Gasteiger partial charge in [-0.25, -0.2) is 9.59 Å². The van der Waals surface area contributed by atoms with Crippen molar-refractivity contribution < 1.29 is 24.2 Å². The van der Waals surface area contributed by atoms with Crippen LogP contribution in [0.15, 0.2) is 48.5 Å². The fraction of sp³-hybridized carbons (Fsp3) is 0.320. The Bertz CT molecular complexity index is 1050. The molecule has 0 spiro atoms. The van der Waals surface area contributed by atoms with E-state index in [1.54, 1.807) is 0 Å². The lowest BCUT2D eigenvalue weighted by atomic mass is 9.86. The number of fused-ring (bicyclic) bond motifs is 3. The second-order valence-electron chi connectivity index (χ2n) is 8.59. The van der Waals surface area contributed by atoms with Crippen LogP contribution in [0.25, 0.3) is 11.1 Å². The van der Waals surface area contributed by atoms with Crippen molar-refractivity contribution in [3.05, 3.63) is 59.7 Å². The van der Waals surface area contributed by atoms with Crippen LogP contribution in [0.5, 0.6) is 0 Å². The van der Waals surface area contributed by atoms with Crippen LogP contribution in [0.1, 0.15) is 37.8 Å². The third kappa shape index (κ3) is 5.27. The molecule has 3 rings (SSSR count). The zero-order valence-electron chi connectivity index (χ0n) is 18.3. The fourth-order valence-electron chi connectivity index (χ4n) is 3.79. The zero-order valence-corrected chi connectivity index (χ0v) is 18.3. The topological polar surface area (TPSA) is 105 Å². The highest BCUT2D eigenvalue weighted by Gasteiger charge is 2.34. The first kappa shape index (κ1) is 22.9. The van der Waals surface area contributed by atoms with E-state index in [1.807, 2.05) is 63.1 Å². The summed E-state index contributed by atoms with van der Waals surface area (Å²) in [5.74, 6) is 2.43. The third-order valence-corrected chi connectivity index (χ3v) is 5.28. The SMILES string of the molecule is CC(C)(C)[C@H](NC(=O)OCC1c2ccccc2-c2ccccc21)C(=O)NCC#CC(=O)O. The first-order chi connectivity index (χ1) is 15.2. The molecule has 0 fully saturated rings. The van der Waals surface area contributed by atoms with Gasteiger partial charge in [0.15, 0.2) is 0 Å². The van der Waals surface area contributed by atoms with E-state index < -0.39 is 29.4 Å². The monoisotopic (exact) mass is 434 g/mol. The lowest BCUT2D eigenvalue weighted by Crippen LogP contribution is -2.53. The maximum absolute atomic E-state index is 12.6. The minimum Gasteiger partial charge on any atom is -0.472 e. The largest absolute Gasteiger partial charge is 0.472 e. The number of rotatable bonds is 5. The molecule has 1 aliphatic carbocycles. The van der Waals surface area contributed by atoms with Crippen molar-refractivity contribution in [1.29, 1.82) is 0 Å². The van der Waals surface area contributed by atoms with Crippen LogP contribution in [0.3, 0.4) is 0 Å². The summed E-state index contributed by atoms with van der Waals surface area (Å²) in [6, 6.07) is 15.2. The van der Waals surface area contributed by atoms with Gasteiger partial charge in [-0.15, -0.1) is 0 Å². The van der Waals surface area contributed by atoms with E-state index in [0.29, 0.717) is 0 Å². The molecular weight excluding hydrogens is 408 g/mol.